The maximum atomic E-state index is 12.2. The van der Waals surface area contributed by atoms with E-state index < -0.39 is 10.0 Å². The fraction of sp³-hybridized carbons (Fsp3) is 0.278. The summed E-state index contributed by atoms with van der Waals surface area (Å²) in [7, 11) is -3.48. The highest BCUT2D eigenvalue weighted by Gasteiger charge is 2.15. The molecule has 0 aromatic heterocycles. The molecule has 0 aliphatic heterocycles. The molecule has 0 spiro atoms. The zero-order chi connectivity index (χ0) is 17.6. The first-order valence-electron chi connectivity index (χ1n) is 7.72. The molecule has 126 valence electrons. The van der Waals surface area contributed by atoms with Crippen LogP contribution in [0.5, 0.6) is 0 Å². The summed E-state index contributed by atoms with van der Waals surface area (Å²) in [6.07, 6.45) is 0. The number of sulfonamides is 1. The second-order valence-electron chi connectivity index (χ2n) is 5.84. The summed E-state index contributed by atoms with van der Waals surface area (Å²) in [5, 5.41) is 12.2. The van der Waals surface area contributed by atoms with Crippen molar-refractivity contribution in [2.24, 2.45) is 0 Å². The molecule has 2 rings (SSSR count). The molecule has 2 aromatic rings. The summed E-state index contributed by atoms with van der Waals surface area (Å²) in [4.78, 5) is 0.266. The van der Waals surface area contributed by atoms with E-state index in [-0.39, 0.29) is 10.9 Å². The Morgan fingerprint density at radius 3 is 2.29 bits per heavy atom. The molecular weight excluding hydrogens is 322 g/mol. The lowest BCUT2D eigenvalue weighted by Gasteiger charge is -2.11. The van der Waals surface area contributed by atoms with Gasteiger partial charge < -0.3 is 5.32 Å². The number of nitrogens with zero attached hydrogens (tertiary/aromatic N) is 1. The van der Waals surface area contributed by atoms with E-state index >= 15 is 0 Å². The van der Waals surface area contributed by atoms with Crippen LogP contribution in [0.4, 0.5) is 0 Å². The van der Waals surface area contributed by atoms with Crippen LogP contribution < -0.4 is 10.0 Å². The minimum atomic E-state index is -3.48. The van der Waals surface area contributed by atoms with E-state index in [2.05, 4.69) is 16.1 Å². The van der Waals surface area contributed by atoms with Crippen LogP contribution in [0, 0.1) is 11.3 Å². The number of benzene rings is 2. The third-order valence-corrected chi connectivity index (χ3v) is 4.97. The molecule has 24 heavy (non-hydrogen) atoms. The van der Waals surface area contributed by atoms with E-state index in [0.717, 1.165) is 11.1 Å². The van der Waals surface area contributed by atoms with Crippen LogP contribution >= 0.6 is 0 Å². The van der Waals surface area contributed by atoms with Crippen molar-refractivity contribution in [1.29, 1.82) is 5.26 Å². The quantitative estimate of drug-likeness (QED) is 0.809. The number of hydrogen-bond donors (Lipinski definition) is 2. The van der Waals surface area contributed by atoms with E-state index in [0.29, 0.717) is 18.7 Å². The molecule has 0 saturated carbocycles. The van der Waals surface area contributed by atoms with Crippen LogP contribution in [0.3, 0.4) is 0 Å². The van der Waals surface area contributed by atoms with Gasteiger partial charge in [0, 0.05) is 19.1 Å². The Balaban J connectivity index is 2.01. The topological polar surface area (TPSA) is 82.0 Å². The molecular formula is C18H21N3O2S. The first kappa shape index (κ1) is 18.1. The van der Waals surface area contributed by atoms with Crippen LogP contribution in [-0.2, 0) is 23.1 Å². The van der Waals surface area contributed by atoms with E-state index in [1.54, 1.807) is 38.1 Å². The molecule has 0 radical (unpaired) electrons. The highest BCUT2D eigenvalue weighted by molar-refractivity contribution is 7.89. The summed E-state index contributed by atoms with van der Waals surface area (Å²) in [5.74, 6) is 0. The Morgan fingerprint density at radius 2 is 1.67 bits per heavy atom. The molecule has 0 heterocycles. The standard InChI is InChI=1S/C18H21N3O2S/c1-14(2)21-24(22,23)18-8-4-7-17(10-18)13-20-12-16-6-3-5-15(9-16)11-19/h3-10,14,20-21H,12-13H2,1-2H3. The van der Waals surface area contributed by atoms with Crippen molar-refractivity contribution in [3.8, 4) is 6.07 Å². The fourth-order valence-corrected chi connectivity index (χ4v) is 3.62. The lowest BCUT2D eigenvalue weighted by atomic mass is 10.1. The van der Waals surface area contributed by atoms with Crippen molar-refractivity contribution < 1.29 is 8.42 Å². The molecule has 6 heteroatoms. The third kappa shape index (κ3) is 5.17. The van der Waals surface area contributed by atoms with E-state index in [4.69, 9.17) is 5.26 Å². The lowest BCUT2D eigenvalue weighted by molar-refractivity contribution is 0.569. The van der Waals surface area contributed by atoms with E-state index in [1.807, 2.05) is 24.3 Å². The molecule has 0 aliphatic carbocycles. The molecule has 2 aromatic carbocycles. The smallest absolute Gasteiger partial charge is 0.240 e. The zero-order valence-corrected chi connectivity index (χ0v) is 14.6. The molecule has 2 N–H and O–H groups in total. The molecule has 0 amide bonds. The van der Waals surface area contributed by atoms with Crippen LogP contribution in [0.1, 0.15) is 30.5 Å². The Hall–Kier alpha value is -2.20. The second kappa shape index (κ2) is 8.06. The van der Waals surface area contributed by atoms with Crippen LogP contribution in [0.2, 0.25) is 0 Å². The maximum absolute atomic E-state index is 12.2. The first-order chi connectivity index (χ1) is 11.4. The number of nitriles is 1. The summed E-state index contributed by atoms with van der Waals surface area (Å²) >= 11 is 0. The monoisotopic (exact) mass is 343 g/mol. The SMILES string of the molecule is CC(C)NS(=O)(=O)c1cccc(CNCc2cccc(C#N)c2)c1. The molecule has 5 nitrogen and oxygen atoms in total. The third-order valence-electron chi connectivity index (χ3n) is 3.31. The Bertz CT molecular complexity index is 839. The van der Waals surface area contributed by atoms with Crippen molar-refractivity contribution in [1.82, 2.24) is 10.0 Å². The van der Waals surface area contributed by atoms with Gasteiger partial charge in [0.1, 0.15) is 0 Å². The van der Waals surface area contributed by atoms with Gasteiger partial charge in [-0.15, -0.1) is 0 Å². The number of hydrogen-bond acceptors (Lipinski definition) is 4. The number of rotatable bonds is 7. The Kier molecular flexibility index (Phi) is 6.10. The zero-order valence-electron chi connectivity index (χ0n) is 13.8. The first-order valence-corrected chi connectivity index (χ1v) is 9.20. The average molecular weight is 343 g/mol. The minimum absolute atomic E-state index is 0.149. The second-order valence-corrected chi connectivity index (χ2v) is 7.55. The van der Waals surface area contributed by atoms with Gasteiger partial charge in [-0.2, -0.15) is 5.26 Å². The average Bonchev–Trinajstić information content (AvgIpc) is 2.54. The summed E-state index contributed by atoms with van der Waals surface area (Å²) in [6.45, 7) is 4.73. The van der Waals surface area contributed by atoms with Gasteiger partial charge in [-0.05, 0) is 49.2 Å². The molecule has 0 atom stereocenters. The lowest BCUT2D eigenvalue weighted by Crippen LogP contribution is -2.30. The van der Waals surface area contributed by atoms with Crippen LogP contribution in [-0.4, -0.2) is 14.5 Å². The molecule has 0 aliphatic rings. The van der Waals surface area contributed by atoms with Gasteiger partial charge in [-0.1, -0.05) is 24.3 Å². The fourth-order valence-electron chi connectivity index (χ4n) is 2.30. The maximum Gasteiger partial charge on any atom is 0.240 e. The highest BCUT2D eigenvalue weighted by atomic mass is 32.2. The Labute approximate surface area is 143 Å². The van der Waals surface area contributed by atoms with Gasteiger partial charge in [-0.25, -0.2) is 13.1 Å². The predicted octanol–water partition coefficient (Wildman–Crippen LogP) is 2.53. The molecule has 0 unspecified atom stereocenters. The molecule has 0 bridgehead atoms. The largest absolute Gasteiger partial charge is 0.309 e. The van der Waals surface area contributed by atoms with E-state index in [9.17, 15) is 8.42 Å². The van der Waals surface area contributed by atoms with Gasteiger partial charge in [0.25, 0.3) is 0 Å². The van der Waals surface area contributed by atoms with Crippen molar-refractivity contribution in [2.75, 3.05) is 0 Å². The van der Waals surface area contributed by atoms with Crippen molar-refractivity contribution in [3.63, 3.8) is 0 Å². The molecule has 0 fully saturated rings. The summed E-state index contributed by atoms with van der Waals surface area (Å²) in [6, 6.07) is 16.2. The normalized spacial score (nSPS) is 11.4. The number of nitrogens with one attached hydrogen (secondary N) is 2. The van der Waals surface area contributed by atoms with Gasteiger partial charge >= 0.3 is 0 Å². The molecule has 0 saturated heterocycles. The van der Waals surface area contributed by atoms with Gasteiger partial charge in [-0.3, -0.25) is 0 Å². The van der Waals surface area contributed by atoms with Crippen LogP contribution in [0.25, 0.3) is 0 Å². The Morgan fingerprint density at radius 1 is 1.04 bits per heavy atom. The van der Waals surface area contributed by atoms with Crippen LogP contribution in [0.15, 0.2) is 53.4 Å². The minimum Gasteiger partial charge on any atom is -0.309 e. The van der Waals surface area contributed by atoms with Gasteiger partial charge in [0.05, 0.1) is 16.5 Å². The summed E-state index contributed by atoms with van der Waals surface area (Å²) in [5.41, 5.74) is 2.53. The van der Waals surface area contributed by atoms with Crippen molar-refractivity contribution in [2.45, 2.75) is 37.9 Å². The summed E-state index contributed by atoms with van der Waals surface area (Å²) < 4.78 is 27.0. The van der Waals surface area contributed by atoms with Gasteiger partial charge in [0.15, 0.2) is 0 Å². The van der Waals surface area contributed by atoms with Gasteiger partial charge in [0.2, 0.25) is 10.0 Å². The highest BCUT2D eigenvalue weighted by Crippen LogP contribution is 2.12. The van der Waals surface area contributed by atoms with Crippen molar-refractivity contribution >= 4 is 10.0 Å². The van der Waals surface area contributed by atoms with E-state index in [1.165, 1.54) is 0 Å². The predicted molar refractivity (Wildman–Crippen MR) is 93.6 cm³/mol. The van der Waals surface area contributed by atoms with Crippen molar-refractivity contribution in [3.05, 3.63) is 65.2 Å².